The number of allylic oxidation sites excluding steroid dienone is 4. The molecule has 2 aromatic carbocycles. The molecule has 0 aliphatic rings. The Hall–Kier alpha value is -3.67. The summed E-state index contributed by atoms with van der Waals surface area (Å²) in [6.07, 6.45) is 5.64. The maximum Gasteiger partial charge on any atom is 0.193 e. The van der Waals surface area contributed by atoms with Gasteiger partial charge < -0.3 is 25.2 Å². The fourth-order valence-electron chi connectivity index (χ4n) is 3.30. The third kappa shape index (κ3) is 5.94. The van der Waals surface area contributed by atoms with Crippen molar-refractivity contribution in [2.24, 2.45) is 5.92 Å². The van der Waals surface area contributed by atoms with Gasteiger partial charge in [-0.1, -0.05) is 23.8 Å². The quantitative estimate of drug-likeness (QED) is 0.234. The molecule has 0 fully saturated rings. The molecule has 0 radical (unpaired) electrons. The van der Waals surface area contributed by atoms with Crippen molar-refractivity contribution in [2.45, 2.75) is 33.6 Å². The molecule has 1 atom stereocenters. The highest BCUT2D eigenvalue weighted by Gasteiger charge is 2.24. The fraction of sp³-hybridized carbons (Fsp3) is 0.269. The number of phenols is 4. The summed E-state index contributed by atoms with van der Waals surface area (Å²) in [5.74, 6) is -1.45. The first-order valence-corrected chi connectivity index (χ1v) is 10.2. The first-order valence-electron chi connectivity index (χ1n) is 10.2. The van der Waals surface area contributed by atoms with Gasteiger partial charge in [0, 0.05) is 23.3 Å². The molecular weight excluding hydrogens is 408 g/mol. The number of phenolic OH excluding ortho intramolecular Hbond substituents is 4. The average Bonchev–Trinajstić information content (AvgIpc) is 2.71. The van der Waals surface area contributed by atoms with Crippen LogP contribution in [0.25, 0.3) is 6.08 Å². The molecule has 0 spiro atoms. The van der Waals surface area contributed by atoms with Crippen LogP contribution in [0.1, 0.15) is 48.7 Å². The Labute approximate surface area is 188 Å². The molecule has 0 saturated heterocycles. The van der Waals surface area contributed by atoms with Gasteiger partial charge in [0.25, 0.3) is 0 Å². The smallest absolute Gasteiger partial charge is 0.193 e. The molecule has 0 aliphatic carbocycles. The van der Waals surface area contributed by atoms with Crippen molar-refractivity contribution in [1.29, 1.82) is 0 Å². The van der Waals surface area contributed by atoms with Gasteiger partial charge in [-0.25, -0.2) is 0 Å². The van der Waals surface area contributed by atoms with Crippen molar-refractivity contribution in [1.82, 2.24) is 0 Å². The second-order valence-corrected chi connectivity index (χ2v) is 8.01. The molecule has 32 heavy (non-hydrogen) atoms. The Kier molecular flexibility index (Phi) is 8.13. The Morgan fingerprint density at radius 1 is 1.09 bits per heavy atom. The number of carbonyl (C=O) groups is 1. The second-order valence-electron chi connectivity index (χ2n) is 8.01. The van der Waals surface area contributed by atoms with E-state index in [4.69, 9.17) is 4.74 Å². The van der Waals surface area contributed by atoms with E-state index in [0.717, 1.165) is 23.3 Å². The molecular formula is C26H30O6. The van der Waals surface area contributed by atoms with E-state index in [1.54, 1.807) is 0 Å². The Morgan fingerprint density at radius 3 is 2.34 bits per heavy atom. The van der Waals surface area contributed by atoms with Gasteiger partial charge >= 0.3 is 0 Å². The third-order valence-corrected chi connectivity index (χ3v) is 5.20. The van der Waals surface area contributed by atoms with Crippen molar-refractivity contribution < 1.29 is 30.0 Å². The highest BCUT2D eigenvalue weighted by atomic mass is 16.5. The molecule has 0 saturated carbocycles. The van der Waals surface area contributed by atoms with Crippen molar-refractivity contribution in [2.75, 3.05) is 7.11 Å². The van der Waals surface area contributed by atoms with Crippen LogP contribution < -0.4 is 4.74 Å². The number of ether oxygens (including phenoxy) is 1. The molecule has 0 heterocycles. The predicted octanol–water partition coefficient (Wildman–Crippen LogP) is 5.50. The molecule has 4 N–H and O–H groups in total. The maximum atomic E-state index is 12.8. The van der Waals surface area contributed by atoms with Crippen molar-refractivity contribution in [3.05, 3.63) is 70.8 Å². The predicted molar refractivity (Wildman–Crippen MR) is 126 cm³/mol. The summed E-state index contributed by atoms with van der Waals surface area (Å²) in [7, 11) is 1.43. The van der Waals surface area contributed by atoms with Crippen LogP contribution in [0.15, 0.2) is 54.1 Å². The molecule has 170 valence electrons. The minimum absolute atomic E-state index is 0.00156. The molecule has 6 heteroatoms. The van der Waals surface area contributed by atoms with Gasteiger partial charge in [-0.2, -0.15) is 0 Å². The van der Waals surface area contributed by atoms with Gasteiger partial charge in [-0.05, 0) is 63.8 Å². The molecule has 2 aromatic rings. The lowest BCUT2D eigenvalue weighted by Gasteiger charge is -2.20. The molecule has 6 nitrogen and oxygen atoms in total. The number of hydrogen-bond donors (Lipinski definition) is 4. The molecule has 0 unspecified atom stereocenters. The molecule has 0 aliphatic heterocycles. The van der Waals surface area contributed by atoms with Crippen LogP contribution in [-0.2, 0) is 6.42 Å². The highest BCUT2D eigenvalue weighted by Crippen LogP contribution is 2.41. The standard InChI is InChI=1S/C26H30O6/c1-15(2)6-7-18(16(3)4)12-20-24(32-5)14-23(30)25(26(20)31)21(28)11-9-17-8-10-19(27)13-22(17)29/h6,8-11,13-14,18,27,29-31H,3,7,12H2,1-2,4-5H3/b11-9+/t18-/m0/s1. The normalized spacial score (nSPS) is 11.9. The van der Waals surface area contributed by atoms with Crippen molar-refractivity contribution >= 4 is 11.9 Å². The SMILES string of the molecule is C=C(C)[C@@H](CC=C(C)C)Cc1c(OC)cc(O)c(C(=O)/C=C/c2ccc(O)cc2O)c1O. The molecule has 2 rings (SSSR count). The Balaban J connectivity index is 2.45. The molecule has 0 amide bonds. The topological polar surface area (TPSA) is 107 Å². The summed E-state index contributed by atoms with van der Waals surface area (Å²) >= 11 is 0. The van der Waals surface area contributed by atoms with Crippen LogP contribution in [0.5, 0.6) is 28.7 Å². The van der Waals surface area contributed by atoms with Gasteiger partial charge in [0.05, 0.1) is 7.11 Å². The number of carbonyl (C=O) groups excluding carboxylic acids is 1. The minimum atomic E-state index is -0.646. The number of methoxy groups -OCH3 is 1. The summed E-state index contributed by atoms with van der Waals surface area (Å²) in [4.78, 5) is 12.8. The van der Waals surface area contributed by atoms with E-state index in [2.05, 4.69) is 12.7 Å². The van der Waals surface area contributed by atoms with Gasteiger partial charge in [-0.3, -0.25) is 4.79 Å². The van der Waals surface area contributed by atoms with Crippen LogP contribution in [-0.4, -0.2) is 33.3 Å². The Bertz CT molecular complexity index is 1070. The molecule has 0 bridgehead atoms. The number of benzene rings is 2. The average molecular weight is 439 g/mol. The molecule has 0 aromatic heterocycles. The van der Waals surface area contributed by atoms with E-state index in [1.165, 1.54) is 31.4 Å². The summed E-state index contributed by atoms with van der Waals surface area (Å²) in [5, 5.41) is 40.6. The zero-order valence-electron chi connectivity index (χ0n) is 18.8. The summed E-state index contributed by atoms with van der Waals surface area (Å²) < 4.78 is 5.35. The van der Waals surface area contributed by atoms with Crippen LogP contribution in [0.4, 0.5) is 0 Å². The van der Waals surface area contributed by atoms with Crippen molar-refractivity contribution in [3.63, 3.8) is 0 Å². The van der Waals surface area contributed by atoms with Gasteiger partial charge in [0.15, 0.2) is 5.78 Å². The zero-order chi connectivity index (χ0) is 24.0. The fourth-order valence-corrected chi connectivity index (χ4v) is 3.30. The zero-order valence-corrected chi connectivity index (χ0v) is 18.8. The summed E-state index contributed by atoms with van der Waals surface area (Å²) in [6.45, 7) is 9.96. The maximum absolute atomic E-state index is 12.8. The number of ketones is 1. The van der Waals surface area contributed by atoms with E-state index in [-0.39, 0.29) is 34.5 Å². The third-order valence-electron chi connectivity index (χ3n) is 5.20. The number of hydrogen-bond acceptors (Lipinski definition) is 6. The lowest BCUT2D eigenvalue weighted by molar-refractivity contribution is 0.104. The largest absolute Gasteiger partial charge is 0.508 e. The van der Waals surface area contributed by atoms with Crippen LogP contribution >= 0.6 is 0 Å². The lowest BCUT2D eigenvalue weighted by atomic mass is 9.88. The van der Waals surface area contributed by atoms with Crippen molar-refractivity contribution in [3.8, 4) is 28.7 Å². The van der Waals surface area contributed by atoms with E-state index in [9.17, 15) is 25.2 Å². The van der Waals surface area contributed by atoms with E-state index in [0.29, 0.717) is 24.0 Å². The number of aromatic hydroxyl groups is 4. The lowest BCUT2D eigenvalue weighted by Crippen LogP contribution is -2.09. The first-order chi connectivity index (χ1) is 15.0. The summed E-state index contributed by atoms with van der Waals surface area (Å²) in [5.41, 5.74) is 2.54. The van der Waals surface area contributed by atoms with Crippen LogP contribution in [0.2, 0.25) is 0 Å². The van der Waals surface area contributed by atoms with Gasteiger partial charge in [-0.15, -0.1) is 0 Å². The highest BCUT2D eigenvalue weighted by molar-refractivity contribution is 6.11. The van der Waals surface area contributed by atoms with Gasteiger partial charge in [0.1, 0.15) is 34.3 Å². The monoisotopic (exact) mass is 438 g/mol. The Morgan fingerprint density at radius 2 is 1.78 bits per heavy atom. The van der Waals surface area contributed by atoms with Gasteiger partial charge in [0.2, 0.25) is 0 Å². The number of rotatable bonds is 9. The van der Waals surface area contributed by atoms with E-state index >= 15 is 0 Å². The summed E-state index contributed by atoms with van der Waals surface area (Å²) in [6, 6.07) is 5.27. The van der Waals surface area contributed by atoms with E-state index in [1.807, 2.05) is 20.8 Å². The second kappa shape index (κ2) is 10.6. The minimum Gasteiger partial charge on any atom is -0.508 e. The van der Waals surface area contributed by atoms with E-state index < -0.39 is 11.5 Å². The van der Waals surface area contributed by atoms with Crippen LogP contribution in [0, 0.1) is 5.92 Å². The first kappa shape index (κ1) is 24.6. The van der Waals surface area contributed by atoms with Crippen LogP contribution in [0.3, 0.4) is 0 Å².